The average Bonchev–Trinajstić information content (AvgIpc) is 3.28. The van der Waals surface area contributed by atoms with Crippen LogP contribution in [0.1, 0.15) is 16.1 Å². The van der Waals surface area contributed by atoms with Gasteiger partial charge in [0.1, 0.15) is 12.3 Å². The van der Waals surface area contributed by atoms with Crippen LogP contribution in [0.15, 0.2) is 57.5 Å². The molecule has 0 fully saturated rings. The van der Waals surface area contributed by atoms with Crippen LogP contribution in [0.4, 0.5) is 0 Å². The van der Waals surface area contributed by atoms with Gasteiger partial charge in [0, 0.05) is 16.1 Å². The summed E-state index contributed by atoms with van der Waals surface area (Å²) < 4.78 is 21.9. The third kappa shape index (κ3) is 3.23. The van der Waals surface area contributed by atoms with E-state index in [2.05, 4.69) is 21.1 Å². The van der Waals surface area contributed by atoms with E-state index in [-0.39, 0.29) is 13.4 Å². The van der Waals surface area contributed by atoms with Gasteiger partial charge in [-0.2, -0.15) is 0 Å². The van der Waals surface area contributed by atoms with Crippen molar-refractivity contribution < 1.29 is 23.5 Å². The van der Waals surface area contributed by atoms with E-state index < -0.39 is 5.97 Å². The summed E-state index contributed by atoms with van der Waals surface area (Å²) in [5, 5.41) is 3.94. The minimum atomic E-state index is -0.430. The van der Waals surface area contributed by atoms with Crippen molar-refractivity contribution in [3.05, 3.63) is 64.3 Å². The topological polar surface area (TPSA) is 70.8 Å². The van der Waals surface area contributed by atoms with E-state index in [1.54, 1.807) is 24.3 Å². The van der Waals surface area contributed by atoms with Crippen LogP contribution in [0.2, 0.25) is 0 Å². The fourth-order valence-corrected chi connectivity index (χ4v) is 2.86. The summed E-state index contributed by atoms with van der Waals surface area (Å²) in [6.45, 7) is 0.236. The number of esters is 1. The molecule has 4 rings (SSSR count). The Kier molecular flexibility index (Phi) is 4.15. The van der Waals surface area contributed by atoms with Crippen molar-refractivity contribution in [3.63, 3.8) is 0 Å². The molecule has 7 heteroatoms. The number of aromatic nitrogens is 1. The first-order valence-corrected chi connectivity index (χ1v) is 8.27. The van der Waals surface area contributed by atoms with E-state index >= 15 is 0 Å². The number of hydrogen-bond acceptors (Lipinski definition) is 6. The van der Waals surface area contributed by atoms with E-state index in [1.807, 2.05) is 24.3 Å². The van der Waals surface area contributed by atoms with Crippen LogP contribution in [0.5, 0.6) is 11.5 Å². The van der Waals surface area contributed by atoms with Crippen LogP contribution in [-0.2, 0) is 11.3 Å². The maximum Gasteiger partial charge on any atom is 0.339 e. The molecule has 1 aromatic heterocycles. The summed E-state index contributed by atoms with van der Waals surface area (Å²) in [5.74, 6) is 1.49. The van der Waals surface area contributed by atoms with Crippen LogP contribution in [0.3, 0.4) is 0 Å². The second-order valence-electron chi connectivity index (χ2n) is 5.31. The average molecular weight is 402 g/mol. The summed E-state index contributed by atoms with van der Waals surface area (Å²) in [7, 11) is 0. The highest BCUT2D eigenvalue weighted by Gasteiger charge is 2.17. The quantitative estimate of drug-likeness (QED) is 0.610. The molecule has 0 unspecified atom stereocenters. The van der Waals surface area contributed by atoms with Gasteiger partial charge in [-0.15, -0.1) is 0 Å². The molecule has 0 amide bonds. The molecule has 0 radical (unpaired) electrons. The standard InChI is InChI=1S/C18H12BrNO5/c19-14-4-2-1-3-13(14)18(21)22-9-12-8-16(25-20-12)11-5-6-15-17(7-11)24-10-23-15/h1-8H,9-10H2. The second kappa shape index (κ2) is 6.60. The number of fused-ring (bicyclic) bond motifs is 1. The SMILES string of the molecule is O=C(OCc1cc(-c2ccc3c(c2)OCO3)on1)c1ccccc1Br. The van der Waals surface area contributed by atoms with Gasteiger partial charge in [0.25, 0.3) is 0 Å². The lowest BCUT2D eigenvalue weighted by Gasteiger charge is -2.03. The number of nitrogens with zero attached hydrogens (tertiary/aromatic N) is 1. The van der Waals surface area contributed by atoms with E-state index in [1.165, 1.54) is 0 Å². The van der Waals surface area contributed by atoms with Crippen molar-refractivity contribution >= 4 is 21.9 Å². The van der Waals surface area contributed by atoms with Gasteiger partial charge in [-0.05, 0) is 46.3 Å². The number of rotatable bonds is 4. The molecule has 0 bridgehead atoms. The molecule has 1 aliphatic heterocycles. The Labute approximate surface area is 151 Å². The van der Waals surface area contributed by atoms with Gasteiger partial charge in [0.05, 0.1) is 5.56 Å². The molecule has 0 atom stereocenters. The predicted molar refractivity (Wildman–Crippen MR) is 91.3 cm³/mol. The minimum absolute atomic E-state index is 0.0220. The highest BCUT2D eigenvalue weighted by Crippen LogP contribution is 2.36. The molecule has 0 saturated carbocycles. The van der Waals surface area contributed by atoms with Crippen LogP contribution >= 0.6 is 15.9 Å². The maximum atomic E-state index is 12.1. The van der Waals surface area contributed by atoms with Crippen molar-refractivity contribution in [1.29, 1.82) is 0 Å². The number of carbonyl (C=O) groups is 1. The highest BCUT2D eigenvalue weighted by molar-refractivity contribution is 9.10. The van der Waals surface area contributed by atoms with E-state index in [4.69, 9.17) is 18.7 Å². The second-order valence-corrected chi connectivity index (χ2v) is 6.16. The summed E-state index contributed by atoms with van der Waals surface area (Å²) in [4.78, 5) is 12.1. The molecule has 0 saturated heterocycles. The monoisotopic (exact) mass is 401 g/mol. The van der Waals surface area contributed by atoms with E-state index in [9.17, 15) is 4.79 Å². The number of ether oxygens (including phenoxy) is 3. The first-order chi connectivity index (χ1) is 12.2. The first-order valence-electron chi connectivity index (χ1n) is 7.48. The van der Waals surface area contributed by atoms with Gasteiger partial charge in [-0.25, -0.2) is 4.79 Å². The highest BCUT2D eigenvalue weighted by atomic mass is 79.9. The first kappa shape index (κ1) is 15.7. The zero-order valence-electron chi connectivity index (χ0n) is 12.9. The summed E-state index contributed by atoms with van der Waals surface area (Å²) in [6.07, 6.45) is 0. The van der Waals surface area contributed by atoms with Crippen molar-refractivity contribution in [2.75, 3.05) is 6.79 Å². The van der Waals surface area contributed by atoms with Crippen molar-refractivity contribution in [1.82, 2.24) is 5.16 Å². The Morgan fingerprint density at radius 2 is 1.96 bits per heavy atom. The van der Waals surface area contributed by atoms with Gasteiger partial charge < -0.3 is 18.7 Å². The lowest BCUT2D eigenvalue weighted by molar-refractivity contribution is 0.0463. The summed E-state index contributed by atoms with van der Waals surface area (Å²) in [5.41, 5.74) is 1.79. The molecular weight excluding hydrogens is 390 g/mol. The molecule has 0 spiro atoms. The van der Waals surface area contributed by atoms with E-state index in [0.717, 1.165) is 5.56 Å². The Balaban J connectivity index is 1.45. The van der Waals surface area contributed by atoms with Crippen molar-refractivity contribution in [2.45, 2.75) is 6.61 Å². The smallest absolute Gasteiger partial charge is 0.339 e. The Morgan fingerprint density at radius 3 is 2.84 bits per heavy atom. The number of benzene rings is 2. The van der Waals surface area contributed by atoms with Gasteiger partial charge in [-0.1, -0.05) is 17.3 Å². The molecule has 0 N–H and O–H groups in total. The molecule has 1 aliphatic rings. The summed E-state index contributed by atoms with van der Waals surface area (Å²) in [6, 6.07) is 14.3. The Morgan fingerprint density at radius 1 is 1.12 bits per heavy atom. The third-order valence-corrected chi connectivity index (χ3v) is 4.35. The Hall–Kier alpha value is -2.80. The maximum absolute atomic E-state index is 12.1. The lowest BCUT2D eigenvalue weighted by atomic mass is 10.1. The molecule has 126 valence electrons. The van der Waals surface area contributed by atoms with Crippen LogP contribution < -0.4 is 9.47 Å². The van der Waals surface area contributed by atoms with Gasteiger partial charge in [-0.3, -0.25) is 0 Å². The normalized spacial score (nSPS) is 12.2. The zero-order chi connectivity index (χ0) is 17.2. The molecule has 2 aromatic carbocycles. The molecule has 6 nitrogen and oxygen atoms in total. The number of halogens is 1. The fraction of sp³-hybridized carbons (Fsp3) is 0.111. The molecule has 25 heavy (non-hydrogen) atoms. The largest absolute Gasteiger partial charge is 0.455 e. The van der Waals surface area contributed by atoms with Crippen LogP contribution in [-0.4, -0.2) is 17.9 Å². The lowest BCUT2D eigenvalue weighted by Crippen LogP contribution is -2.06. The zero-order valence-corrected chi connectivity index (χ0v) is 14.5. The molecule has 0 aliphatic carbocycles. The van der Waals surface area contributed by atoms with Crippen molar-refractivity contribution in [3.8, 4) is 22.8 Å². The van der Waals surface area contributed by atoms with Crippen molar-refractivity contribution in [2.24, 2.45) is 0 Å². The number of carbonyl (C=O) groups excluding carboxylic acids is 1. The predicted octanol–water partition coefficient (Wildman–Crippen LogP) is 4.19. The van der Waals surface area contributed by atoms with Gasteiger partial charge in [0.15, 0.2) is 17.3 Å². The van der Waals surface area contributed by atoms with E-state index in [0.29, 0.717) is 33.0 Å². The molecule has 2 heterocycles. The van der Waals surface area contributed by atoms with Gasteiger partial charge >= 0.3 is 5.97 Å². The molecular formula is C18H12BrNO5. The van der Waals surface area contributed by atoms with Crippen LogP contribution in [0, 0.1) is 0 Å². The fourth-order valence-electron chi connectivity index (χ4n) is 2.41. The Bertz CT molecular complexity index is 937. The third-order valence-electron chi connectivity index (χ3n) is 3.66. The summed E-state index contributed by atoms with van der Waals surface area (Å²) >= 11 is 3.33. The van der Waals surface area contributed by atoms with Crippen LogP contribution in [0.25, 0.3) is 11.3 Å². The number of hydrogen-bond donors (Lipinski definition) is 0. The van der Waals surface area contributed by atoms with Gasteiger partial charge in [0.2, 0.25) is 6.79 Å². The molecule has 3 aromatic rings. The minimum Gasteiger partial charge on any atom is -0.455 e.